The highest BCUT2D eigenvalue weighted by Crippen LogP contribution is 2.43. The molecule has 0 saturated carbocycles. The number of nitrogens with zero attached hydrogens (tertiary/aromatic N) is 4. The van der Waals surface area contributed by atoms with Crippen molar-refractivity contribution in [2.75, 3.05) is 0 Å². The molecule has 1 aliphatic rings. The zero-order valence-electron chi connectivity index (χ0n) is 11.0. The van der Waals surface area contributed by atoms with E-state index in [-0.39, 0.29) is 0 Å². The number of halogens is 1. The topological polar surface area (TPSA) is 43.6 Å². The van der Waals surface area contributed by atoms with Crippen molar-refractivity contribution in [3.63, 3.8) is 0 Å². The SMILES string of the molecule is Clc1ccc2c(c1)-n1nnnc1CC(c1ccccc1)S2. The summed E-state index contributed by atoms with van der Waals surface area (Å²) in [5.74, 6) is 0.859. The van der Waals surface area contributed by atoms with Crippen molar-refractivity contribution in [1.29, 1.82) is 0 Å². The molecule has 0 fully saturated rings. The molecule has 21 heavy (non-hydrogen) atoms. The Kier molecular flexibility index (Phi) is 3.16. The van der Waals surface area contributed by atoms with Crippen molar-refractivity contribution >= 4 is 23.4 Å². The van der Waals surface area contributed by atoms with Gasteiger partial charge in [0.05, 0.1) is 5.69 Å². The summed E-state index contributed by atoms with van der Waals surface area (Å²) in [5, 5.41) is 13.1. The summed E-state index contributed by atoms with van der Waals surface area (Å²) in [5.41, 5.74) is 2.23. The lowest BCUT2D eigenvalue weighted by Crippen LogP contribution is -2.04. The molecule has 4 nitrogen and oxygen atoms in total. The van der Waals surface area contributed by atoms with E-state index in [9.17, 15) is 0 Å². The number of hydrogen-bond acceptors (Lipinski definition) is 4. The number of tetrazole rings is 1. The third-order valence-corrected chi connectivity index (χ3v) is 5.05. The van der Waals surface area contributed by atoms with Crippen LogP contribution < -0.4 is 0 Å². The highest BCUT2D eigenvalue weighted by atomic mass is 35.5. The van der Waals surface area contributed by atoms with E-state index in [1.165, 1.54) is 5.56 Å². The van der Waals surface area contributed by atoms with E-state index in [0.29, 0.717) is 10.3 Å². The van der Waals surface area contributed by atoms with Crippen LogP contribution in [0.15, 0.2) is 53.4 Å². The van der Waals surface area contributed by atoms with E-state index in [1.54, 1.807) is 4.68 Å². The lowest BCUT2D eigenvalue weighted by molar-refractivity contribution is 0.748. The Balaban J connectivity index is 1.86. The van der Waals surface area contributed by atoms with Crippen molar-refractivity contribution in [3.8, 4) is 5.69 Å². The number of hydrogen-bond donors (Lipinski definition) is 0. The second kappa shape index (κ2) is 5.16. The van der Waals surface area contributed by atoms with Gasteiger partial charge in [0.15, 0.2) is 5.82 Å². The molecule has 0 spiro atoms. The van der Waals surface area contributed by atoms with Gasteiger partial charge in [0.2, 0.25) is 0 Å². The number of fused-ring (bicyclic) bond motifs is 3. The van der Waals surface area contributed by atoms with Crippen molar-refractivity contribution < 1.29 is 0 Å². The van der Waals surface area contributed by atoms with Crippen LogP contribution in [0.4, 0.5) is 0 Å². The molecule has 2 aromatic carbocycles. The number of aromatic nitrogens is 4. The van der Waals surface area contributed by atoms with Gasteiger partial charge in [-0.25, -0.2) is 0 Å². The van der Waals surface area contributed by atoms with E-state index in [2.05, 4.69) is 39.8 Å². The summed E-state index contributed by atoms with van der Waals surface area (Å²) in [7, 11) is 0. The Hall–Kier alpha value is -1.85. The highest BCUT2D eigenvalue weighted by Gasteiger charge is 2.25. The molecule has 4 rings (SSSR count). The minimum Gasteiger partial charge on any atom is -0.196 e. The van der Waals surface area contributed by atoms with Crippen LogP contribution in [0.25, 0.3) is 5.69 Å². The lowest BCUT2D eigenvalue weighted by atomic mass is 10.1. The Morgan fingerprint density at radius 3 is 2.86 bits per heavy atom. The molecule has 0 amide bonds. The number of rotatable bonds is 1. The van der Waals surface area contributed by atoms with Crippen LogP contribution in [0.3, 0.4) is 0 Å². The first kappa shape index (κ1) is 12.9. The van der Waals surface area contributed by atoms with Crippen LogP contribution in [0.2, 0.25) is 5.02 Å². The molecule has 3 aromatic rings. The molecule has 0 N–H and O–H groups in total. The molecular formula is C15H11ClN4S. The van der Waals surface area contributed by atoms with Gasteiger partial charge in [-0.15, -0.1) is 16.9 Å². The molecule has 1 unspecified atom stereocenters. The molecule has 1 atom stereocenters. The van der Waals surface area contributed by atoms with Crippen LogP contribution in [0.5, 0.6) is 0 Å². The van der Waals surface area contributed by atoms with E-state index in [0.717, 1.165) is 22.8 Å². The molecule has 1 aliphatic heterocycles. The number of thioether (sulfide) groups is 1. The van der Waals surface area contributed by atoms with Crippen molar-refractivity contribution in [1.82, 2.24) is 20.2 Å². The van der Waals surface area contributed by atoms with E-state index in [4.69, 9.17) is 11.6 Å². The summed E-state index contributed by atoms with van der Waals surface area (Å²) in [6.07, 6.45) is 0.786. The molecule has 6 heteroatoms. The summed E-state index contributed by atoms with van der Waals surface area (Å²) in [6, 6.07) is 16.3. The Bertz CT molecular complexity index is 787. The van der Waals surface area contributed by atoms with Gasteiger partial charge in [-0.3, -0.25) is 0 Å². The molecular weight excluding hydrogens is 304 g/mol. The average Bonchev–Trinajstić information content (AvgIpc) is 2.91. The highest BCUT2D eigenvalue weighted by molar-refractivity contribution is 7.99. The van der Waals surface area contributed by atoms with E-state index < -0.39 is 0 Å². The molecule has 0 aliphatic carbocycles. The molecule has 104 valence electrons. The molecule has 2 heterocycles. The Labute approximate surface area is 131 Å². The van der Waals surface area contributed by atoms with E-state index in [1.807, 2.05) is 36.0 Å². The second-order valence-electron chi connectivity index (χ2n) is 4.84. The van der Waals surface area contributed by atoms with Crippen molar-refractivity contribution in [2.24, 2.45) is 0 Å². The average molecular weight is 315 g/mol. The Morgan fingerprint density at radius 2 is 2.00 bits per heavy atom. The quantitative estimate of drug-likeness (QED) is 0.687. The Morgan fingerprint density at radius 1 is 1.14 bits per heavy atom. The van der Waals surface area contributed by atoms with Gasteiger partial charge in [0, 0.05) is 21.6 Å². The molecule has 0 radical (unpaired) electrons. The summed E-state index contributed by atoms with van der Waals surface area (Å²) < 4.78 is 1.79. The standard InChI is InChI=1S/C15H11ClN4S/c16-11-6-7-13-12(8-11)20-15(17-18-19-20)9-14(21-13)10-4-2-1-3-5-10/h1-8,14H,9H2. The smallest absolute Gasteiger partial charge is 0.158 e. The van der Waals surface area contributed by atoms with Crippen LogP contribution in [-0.4, -0.2) is 20.2 Å². The van der Waals surface area contributed by atoms with Crippen LogP contribution >= 0.6 is 23.4 Å². The minimum atomic E-state index is 0.290. The maximum absolute atomic E-state index is 6.13. The van der Waals surface area contributed by atoms with Gasteiger partial charge in [0.25, 0.3) is 0 Å². The fourth-order valence-electron chi connectivity index (χ4n) is 2.49. The van der Waals surface area contributed by atoms with Crippen molar-refractivity contribution in [2.45, 2.75) is 16.6 Å². The first-order valence-electron chi connectivity index (χ1n) is 6.60. The third-order valence-electron chi connectivity index (χ3n) is 3.49. The van der Waals surface area contributed by atoms with Crippen LogP contribution in [-0.2, 0) is 6.42 Å². The largest absolute Gasteiger partial charge is 0.196 e. The van der Waals surface area contributed by atoms with E-state index >= 15 is 0 Å². The third kappa shape index (κ3) is 2.32. The summed E-state index contributed by atoms with van der Waals surface area (Å²) >= 11 is 7.94. The normalized spacial score (nSPS) is 16.9. The molecule has 0 saturated heterocycles. The summed E-state index contributed by atoms with van der Waals surface area (Å²) in [6.45, 7) is 0. The molecule has 1 aromatic heterocycles. The van der Waals surface area contributed by atoms with Gasteiger partial charge in [-0.05, 0) is 34.2 Å². The van der Waals surface area contributed by atoms with Crippen LogP contribution in [0.1, 0.15) is 16.6 Å². The first-order valence-corrected chi connectivity index (χ1v) is 7.86. The monoisotopic (exact) mass is 314 g/mol. The predicted octanol–water partition coefficient (Wildman–Crippen LogP) is 3.71. The zero-order chi connectivity index (χ0) is 14.2. The maximum Gasteiger partial charge on any atom is 0.158 e. The fourth-order valence-corrected chi connectivity index (χ4v) is 3.90. The van der Waals surface area contributed by atoms with Gasteiger partial charge in [-0.2, -0.15) is 4.68 Å². The second-order valence-corrected chi connectivity index (χ2v) is 6.52. The van der Waals surface area contributed by atoms with Gasteiger partial charge in [-0.1, -0.05) is 41.9 Å². The van der Waals surface area contributed by atoms with Gasteiger partial charge >= 0.3 is 0 Å². The lowest BCUT2D eigenvalue weighted by Gasteiger charge is -2.13. The number of benzene rings is 2. The maximum atomic E-state index is 6.13. The predicted molar refractivity (Wildman–Crippen MR) is 82.9 cm³/mol. The van der Waals surface area contributed by atoms with Gasteiger partial charge < -0.3 is 0 Å². The molecule has 0 bridgehead atoms. The van der Waals surface area contributed by atoms with Crippen LogP contribution in [0, 0.1) is 0 Å². The minimum absolute atomic E-state index is 0.290. The zero-order valence-corrected chi connectivity index (χ0v) is 12.6. The van der Waals surface area contributed by atoms with Crippen molar-refractivity contribution in [3.05, 3.63) is 64.9 Å². The van der Waals surface area contributed by atoms with Gasteiger partial charge in [0.1, 0.15) is 0 Å². The summed E-state index contributed by atoms with van der Waals surface area (Å²) in [4.78, 5) is 1.14. The first-order chi connectivity index (χ1) is 10.3. The fraction of sp³-hybridized carbons (Fsp3) is 0.133.